The number of amides is 2. The lowest BCUT2D eigenvalue weighted by Crippen LogP contribution is -2.45. The summed E-state index contributed by atoms with van der Waals surface area (Å²) < 4.78 is 1.16. The number of rotatable bonds is 8. The maximum atomic E-state index is 12.0. The van der Waals surface area contributed by atoms with E-state index >= 15 is 0 Å². The van der Waals surface area contributed by atoms with E-state index in [1.165, 1.54) is 28.9 Å². The fourth-order valence-corrected chi connectivity index (χ4v) is 5.15. The van der Waals surface area contributed by atoms with Crippen molar-refractivity contribution in [1.82, 2.24) is 4.90 Å². The average Bonchev–Trinajstić information content (AvgIpc) is 3.43. The van der Waals surface area contributed by atoms with E-state index in [-0.39, 0.29) is 17.6 Å². The Hall–Kier alpha value is -4.09. The highest BCUT2D eigenvalue weighted by molar-refractivity contribution is 9.10. The first-order chi connectivity index (χ1) is 26.3. The van der Waals surface area contributed by atoms with Crippen LogP contribution in [0, 0.1) is 17.8 Å². The number of carbonyl (C=O) groups is 3. The minimum absolute atomic E-state index is 0.192. The van der Waals surface area contributed by atoms with Crippen molar-refractivity contribution in [3.05, 3.63) is 154 Å². The van der Waals surface area contributed by atoms with Gasteiger partial charge in [-0.05, 0) is 92.7 Å². The van der Waals surface area contributed by atoms with E-state index in [0.717, 1.165) is 34.2 Å². The molecule has 0 unspecified atom stereocenters. The van der Waals surface area contributed by atoms with Crippen LogP contribution in [0.2, 0.25) is 0 Å². The molecule has 5 rings (SSSR count). The third kappa shape index (κ3) is 21.9. The summed E-state index contributed by atoms with van der Waals surface area (Å²) in [5, 5.41) is 0. The van der Waals surface area contributed by atoms with Gasteiger partial charge in [-0.1, -0.05) is 183 Å². The summed E-state index contributed by atoms with van der Waals surface area (Å²) in [4.78, 5) is 36.2. The molecule has 1 aliphatic heterocycles. The van der Waals surface area contributed by atoms with E-state index in [1.54, 1.807) is 24.3 Å². The summed E-state index contributed by atoms with van der Waals surface area (Å²) >= 11 is 3.41. The van der Waals surface area contributed by atoms with Gasteiger partial charge in [0, 0.05) is 22.0 Å². The summed E-state index contributed by atoms with van der Waals surface area (Å²) in [6.45, 7) is 30.9. The molecular weight excluding hydrogens is 754 g/mol. The molecule has 0 spiro atoms. The summed E-state index contributed by atoms with van der Waals surface area (Å²) in [5.74, 6) is 2.90. The van der Waals surface area contributed by atoms with Gasteiger partial charge >= 0.3 is 0 Å². The van der Waals surface area contributed by atoms with Gasteiger partial charge in [0.1, 0.15) is 0 Å². The van der Waals surface area contributed by atoms with Gasteiger partial charge in [-0.2, -0.15) is 0 Å². The molecule has 0 atom stereocenters. The molecular formula is C51H72BrNO3. The summed E-state index contributed by atoms with van der Waals surface area (Å²) in [6.07, 6.45) is 6.15. The standard InChI is InChI=1S/C12H13NO2.C10H13Br.C9H10O.C9H12.C6H12.C5H12/c1-12(2,3)13-10(14)8-6-4-5-7-9(8)11(13)15;1-8(2)7-9-3-5-10(11)6-4-9;1-2-9(10)8-6-4-3-5-7-8;1-8(2)9-6-4-3-5-7-9;1-4-5-6(2)3;1-4-5(2)3/h4-7H,1-3H3;3-6,8H,7H2,1-2H3;3-7H,2H2,1H3;3-8H,1-2H3;4,6H,1,5H2,2-3H3;5H,4H2,1-3H3. The molecule has 306 valence electrons. The fourth-order valence-electron chi connectivity index (χ4n) is 4.89. The van der Waals surface area contributed by atoms with Gasteiger partial charge in [-0.25, -0.2) is 0 Å². The summed E-state index contributed by atoms with van der Waals surface area (Å²) in [5.41, 5.74) is 4.20. The highest BCUT2D eigenvalue weighted by Crippen LogP contribution is 2.28. The molecule has 0 N–H and O–H groups in total. The zero-order chi connectivity index (χ0) is 42.8. The summed E-state index contributed by atoms with van der Waals surface area (Å²) in [7, 11) is 0. The lowest BCUT2D eigenvalue weighted by Gasteiger charge is -2.29. The van der Waals surface area contributed by atoms with Crippen molar-refractivity contribution in [2.24, 2.45) is 17.8 Å². The van der Waals surface area contributed by atoms with Gasteiger partial charge in [0.05, 0.1) is 11.1 Å². The number of benzene rings is 4. The van der Waals surface area contributed by atoms with Crippen LogP contribution in [0.4, 0.5) is 0 Å². The zero-order valence-corrected chi connectivity index (χ0v) is 38.5. The zero-order valence-electron chi connectivity index (χ0n) is 36.9. The van der Waals surface area contributed by atoms with Crippen LogP contribution in [0.5, 0.6) is 0 Å². The van der Waals surface area contributed by atoms with Crippen LogP contribution >= 0.6 is 15.9 Å². The Bertz CT molecular complexity index is 1630. The molecule has 0 saturated heterocycles. The lowest BCUT2D eigenvalue weighted by atomic mass is 10.0. The van der Waals surface area contributed by atoms with Gasteiger partial charge in [-0.3, -0.25) is 19.3 Å². The van der Waals surface area contributed by atoms with E-state index in [1.807, 2.05) is 70.2 Å². The van der Waals surface area contributed by atoms with Crippen LogP contribution in [0.25, 0.3) is 0 Å². The Labute approximate surface area is 350 Å². The maximum absolute atomic E-state index is 12.0. The van der Waals surface area contributed by atoms with Crippen molar-refractivity contribution >= 4 is 33.5 Å². The van der Waals surface area contributed by atoms with Crippen LogP contribution in [0.3, 0.4) is 0 Å². The number of fused-ring (bicyclic) bond motifs is 1. The van der Waals surface area contributed by atoms with Gasteiger partial charge in [0.2, 0.25) is 0 Å². The molecule has 1 heterocycles. The Morgan fingerprint density at radius 1 is 0.661 bits per heavy atom. The molecule has 0 fully saturated rings. The molecule has 0 bridgehead atoms. The lowest BCUT2D eigenvalue weighted by molar-refractivity contribution is 0.0507. The predicted molar refractivity (Wildman–Crippen MR) is 246 cm³/mol. The van der Waals surface area contributed by atoms with Gasteiger partial charge < -0.3 is 0 Å². The Balaban J connectivity index is 0.000000672. The molecule has 4 aromatic rings. The number of carbonyl (C=O) groups excluding carboxylic acids is 3. The van der Waals surface area contributed by atoms with E-state index in [0.29, 0.717) is 23.5 Å². The number of allylic oxidation sites excluding steroid dienone is 1. The predicted octanol–water partition coefficient (Wildman–Crippen LogP) is 15.1. The SMILES string of the molecule is C=CCC(C)C.CC(C)(C)N1C(=O)c2ccccc2C1=O.CC(C)Cc1ccc(Br)cc1.CC(C)c1ccccc1.CCC(=O)c1ccccc1.CCC(C)C. The number of Topliss-reactive ketones (excluding diaryl/α,β-unsaturated/α-hetero) is 1. The topological polar surface area (TPSA) is 54.5 Å². The molecule has 0 radical (unpaired) electrons. The van der Waals surface area contributed by atoms with Crippen molar-refractivity contribution in [3.8, 4) is 0 Å². The van der Waals surface area contributed by atoms with Crippen molar-refractivity contribution in [2.45, 2.75) is 127 Å². The quantitative estimate of drug-likeness (QED) is 0.101. The molecule has 5 heteroatoms. The molecule has 0 saturated carbocycles. The van der Waals surface area contributed by atoms with Crippen LogP contribution in [-0.4, -0.2) is 28.0 Å². The van der Waals surface area contributed by atoms with Crippen LogP contribution < -0.4 is 0 Å². The van der Waals surface area contributed by atoms with Crippen molar-refractivity contribution in [3.63, 3.8) is 0 Å². The van der Waals surface area contributed by atoms with Gasteiger partial charge in [0.15, 0.2) is 5.78 Å². The number of imide groups is 1. The first-order valence-corrected chi connectivity index (χ1v) is 21.1. The summed E-state index contributed by atoms with van der Waals surface area (Å²) in [6, 6.07) is 35.3. The number of nitrogens with zero attached hydrogens (tertiary/aromatic N) is 1. The largest absolute Gasteiger partial charge is 0.294 e. The first kappa shape index (κ1) is 51.9. The third-order valence-electron chi connectivity index (χ3n) is 8.36. The number of ketones is 1. The van der Waals surface area contributed by atoms with Crippen LogP contribution in [0.1, 0.15) is 157 Å². The molecule has 2 amide bonds. The normalized spacial score (nSPS) is 11.4. The number of halogens is 1. The Kier molecular flexibility index (Phi) is 26.3. The van der Waals surface area contributed by atoms with Gasteiger partial charge in [0.25, 0.3) is 11.8 Å². The van der Waals surface area contributed by atoms with Gasteiger partial charge in [-0.15, -0.1) is 6.58 Å². The molecule has 1 aliphatic rings. The van der Waals surface area contributed by atoms with Crippen LogP contribution in [0.15, 0.2) is 126 Å². The van der Waals surface area contributed by atoms with Crippen molar-refractivity contribution in [2.75, 3.05) is 0 Å². The molecule has 4 nitrogen and oxygen atoms in total. The minimum atomic E-state index is -0.465. The first-order valence-electron chi connectivity index (χ1n) is 20.3. The maximum Gasteiger partial charge on any atom is 0.262 e. The second-order valence-electron chi connectivity index (χ2n) is 16.3. The fraction of sp³-hybridized carbons (Fsp3) is 0.431. The Morgan fingerprint density at radius 3 is 1.39 bits per heavy atom. The monoisotopic (exact) mass is 825 g/mol. The highest BCUT2D eigenvalue weighted by Gasteiger charge is 2.41. The molecule has 0 aliphatic carbocycles. The average molecular weight is 827 g/mol. The van der Waals surface area contributed by atoms with Crippen molar-refractivity contribution < 1.29 is 14.4 Å². The minimum Gasteiger partial charge on any atom is -0.294 e. The van der Waals surface area contributed by atoms with Crippen molar-refractivity contribution in [1.29, 1.82) is 0 Å². The van der Waals surface area contributed by atoms with E-state index < -0.39 is 5.54 Å². The molecule has 0 aromatic heterocycles. The Morgan fingerprint density at radius 2 is 1.09 bits per heavy atom. The third-order valence-corrected chi connectivity index (χ3v) is 8.89. The second kappa shape index (κ2) is 28.3. The molecule has 4 aromatic carbocycles. The number of hydrogen-bond acceptors (Lipinski definition) is 3. The highest BCUT2D eigenvalue weighted by atomic mass is 79.9. The van der Waals surface area contributed by atoms with E-state index in [2.05, 4.69) is 133 Å². The smallest absolute Gasteiger partial charge is 0.262 e. The van der Waals surface area contributed by atoms with Crippen LogP contribution in [-0.2, 0) is 6.42 Å². The number of hydrogen-bond donors (Lipinski definition) is 0. The van der Waals surface area contributed by atoms with E-state index in [4.69, 9.17) is 0 Å². The van der Waals surface area contributed by atoms with E-state index in [9.17, 15) is 14.4 Å². The second-order valence-corrected chi connectivity index (χ2v) is 17.2. The molecule has 56 heavy (non-hydrogen) atoms.